The van der Waals surface area contributed by atoms with Gasteiger partial charge in [-0.25, -0.2) is 0 Å². The van der Waals surface area contributed by atoms with E-state index < -0.39 is 0 Å². The van der Waals surface area contributed by atoms with Gasteiger partial charge in [0.25, 0.3) is 0 Å². The Labute approximate surface area is 170 Å². The summed E-state index contributed by atoms with van der Waals surface area (Å²) in [6.07, 6.45) is 10.6. The second-order valence-electron chi connectivity index (χ2n) is 11.6. The van der Waals surface area contributed by atoms with Crippen LogP contribution in [0.15, 0.2) is 11.6 Å². The number of ether oxygens (including phenoxy) is 2. The number of rotatable bonds is 1. The van der Waals surface area contributed by atoms with Gasteiger partial charge in [-0.2, -0.15) is 0 Å². The molecule has 0 unspecified atom stereocenters. The molecule has 3 heteroatoms. The molecule has 6 atom stereocenters. The van der Waals surface area contributed by atoms with Gasteiger partial charge in [0.1, 0.15) is 5.78 Å². The Hall–Kier alpha value is -0.670. The summed E-state index contributed by atoms with van der Waals surface area (Å²) in [7, 11) is 0. The lowest BCUT2D eigenvalue weighted by Crippen LogP contribution is -2.55. The minimum Gasteiger partial charge on any atom is -0.348 e. The highest BCUT2D eigenvalue weighted by Gasteiger charge is 2.64. The van der Waals surface area contributed by atoms with Gasteiger partial charge >= 0.3 is 0 Å². The average molecular weight is 387 g/mol. The van der Waals surface area contributed by atoms with E-state index in [1.807, 2.05) is 0 Å². The average Bonchev–Trinajstić information content (AvgIpc) is 3.22. The summed E-state index contributed by atoms with van der Waals surface area (Å²) >= 11 is 0. The van der Waals surface area contributed by atoms with Crippen LogP contribution in [-0.2, 0) is 14.3 Å². The smallest absolute Gasteiger partial charge is 0.169 e. The number of fused-ring (bicyclic) bond motifs is 5. The van der Waals surface area contributed by atoms with Gasteiger partial charge in [-0.3, -0.25) is 4.79 Å². The van der Waals surface area contributed by atoms with Gasteiger partial charge in [0, 0.05) is 17.8 Å². The maximum absolute atomic E-state index is 12.7. The molecule has 0 bridgehead atoms. The van der Waals surface area contributed by atoms with Crippen molar-refractivity contribution in [1.82, 2.24) is 0 Å². The normalized spacial score (nSPS) is 49.2. The van der Waals surface area contributed by atoms with Crippen molar-refractivity contribution in [3.05, 3.63) is 11.6 Å². The molecule has 4 aliphatic carbocycles. The largest absolute Gasteiger partial charge is 0.348 e. The summed E-state index contributed by atoms with van der Waals surface area (Å²) < 4.78 is 12.3. The quantitative estimate of drug-likeness (QED) is 0.556. The molecule has 0 spiro atoms. The first-order valence-corrected chi connectivity index (χ1v) is 11.7. The van der Waals surface area contributed by atoms with Crippen molar-refractivity contribution in [2.75, 3.05) is 13.2 Å². The van der Waals surface area contributed by atoms with Crippen molar-refractivity contribution >= 4 is 5.78 Å². The van der Waals surface area contributed by atoms with E-state index >= 15 is 0 Å². The van der Waals surface area contributed by atoms with Gasteiger partial charge in [0.15, 0.2) is 5.79 Å². The summed E-state index contributed by atoms with van der Waals surface area (Å²) in [5, 5.41) is 0. The van der Waals surface area contributed by atoms with E-state index in [-0.39, 0.29) is 16.6 Å². The van der Waals surface area contributed by atoms with E-state index in [0.717, 1.165) is 50.2 Å². The monoisotopic (exact) mass is 386 g/mol. The Bertz CT molecular complexity index is 715. The molecule has 28 heavy (non-hydrogen) atoms. The standard InChI is InChI=1S/C25H38O3/c1-22(2)19-8-6-16-17-7-9-20(25(5)27-14-15-28-25)24(17,4)12-10-18(16)23(19,3)13-11-21(22)26/h8,16-18,20H,6-7,9-15H2,1-5H3/t16-,17-,18-,20-,23-,24+/m0/s1. The van der Waals surface area contributed by atoms with Crippen molar-refractivity contribution in [1.29, 1.82) is 0 Å². The summed E-state index contributed by atoms with van der Waals surface area (Å²) in [6, 6.07) is 0. The molecule has 0 radical (unpaired) electrons. The highest BCUT2D eigenvalue weighted by molar-refractivity contribution is 5.89. The first kappa shape index (κ1) is 19.3. The molecule has 3 nitrogen and oxygen atoms in total. The minimum atomic E-state index is -0.380. The van der Waals surface area contributed by atoms with Gasteiger partial charge in [-0.1, -0.05) is 25.5 Å². The van der Waals surface area contributed by atoms with Gasteiger partial charge in [0.05, 0.1) is 13.2 Å². The number of ketones is 1. The molecule has 5 rings (SSSR count). The first-order valence-electron chi connectivity index (χ1n) is 11.7. The van der Waals surface area contributed by atoms with E-state index in [4.69, 9.17) is 9.47 Å². The van der Waals surface area contributed by atoms with E-state index in [1.165, 1.54) is 31.3 Å². The Morgan fingerprint density at radius 1 is 0.929 bits per heavy atom. The van der Waals surface area contributed by atoms with Crippen LogP contribution in [0.1, 0.15) is 79.6 Å². The number of hydrogen-bond acceptors (Lipinski definition) is 3. The lowest BCUT2D eigenvalue weighted by molar-refractivity contribution is -0.214. The van der Waals surface area contributed by atoms with Gasteiger partial charge in [-0.05, 0) is 87.9 Å². The SMILES string of the molecule is CC1(C)C(=O)CC[C@]2(C)C1=CC[C@H]1[C@@H]3CC[C@H](C4(C)OCCO4)[C@]3(C)CC[C@@H]12. The Morgan fingerprint density at radius 3 is 2.36 bits per heavy atom. The molecule has 1 aliphatic heterocycles. The fraction of sp³-hybridized carbons (Fsp3) is 0.880. The maximum Gasteiger partial charge on any atom is 0.169 e. The molecular weight excluding hydrogens is 348 g/mol. The molecule has 3 saturated carbocycles. The van der Waals surface area contributed by atoms with Crippen molar-refractivity contribution in [2.45, 2.75) is 85.4 Å². The van der Waals surface area contributed by atoms with Crippen molar-refractivity contribution in [3.8, 4) is 0 Å². The molecule has 1 heterocycles. The molecule has 1 saturated heterocycles. The number of allylic oxidation sites excluding steroid dienone is 2. The minimum absolute atomic E-state index is 0.212. The van der Waals surface area contributed by atoms with Crippen LogP contribution in [0.4, 0.5) is 0 Å². The summed E-state index contributed by atoms with van der Waals surface area (Å²) in [5.74, 6) is 2.82. The molecular formula is C25H38O3. The van der Waals surface area contributed by atoms with E-state index in [0.29, 0.717) is 17.1 Å². The lowest BCUT2D eigenvalue weighted by Gasteiger charge is -2.60. The van der Waals surface area contributed by atoms with Crippen LogP contribution < -0.4 is 0 Å². The van der Waals surface area contributed by atoms with Gasteiger partial charge in [0.2, 0.25) is 0 Å². The van der Waals surface area contributed by atoms with E-state index in [9.17, 15) is 4.79 Å². The fourth-order valence-corrected chi connectivity index (χ4v) is 8.81. The van der Waals surface area contributed by atoms with Crippen LogP contribution in [0.5, 0.6) is 0 Å². The lowest BCUT2D eigenvalue weighted by atomic mass is 9.44. The van der Waals surface area contributed by atoms with Crippen LogP contribution in [-0.4, -0.2) is 24.8 Å². The van der Waals surface area contributed by atoms with Crippen LogP contribution in [0.3, 0.4) is 0 Å². The molecule has 156 valence electrons. The van der Waals surface area contributed by atoms with Crippen molar-refractivity contribution in [2.24, 2.45) is 39.9 Å². The molecule has 0 amide bonds. The predicted octanol–water partition coefficient (Wildman–Crippen LogP) is 5.53. The zero-order chi connectivity index (χ0) is 19.9. The van der Waals surface area contributed by atoms with Crippen molar-refractivity contribution in [3.63, 3.8) is 0 Å². The fourth-order valence-electron chi connectivity index (χ4n) is 8.81. The van der Waals surface area contributed by atoms with Crippen LogP contribution in [0.25, 0.3) is 0 Å². The molecule has 5 aliphatic rings. The molecule has 0 aromatic carbocycles. The maximum atomic E-state index is 12.7. The first-order chi connectivity index (χ1) is 13.1. The molecule has 0 aromatic heterocycles. The topological polar surface area (TPSA) is 35.5 Å². The number of hydrogen-bond donors (Lipinski definition) is 0. The van der Waals surface area contributed by atoms with Gasteiger partial charge < -0.3 is 9.47 Å². The third-order valence-electron chi connectivity index (χ3n) is 10.2. The Kier molecular flexibility index (Phi) is 4.09. The summed E-state index contributed by atoms with van der Waals surface area (Å²) in [4.78, 5) is 12.7. The van der Waals surface area contributed by atoms with Gasteiger partial charge in [-0.15, -0.1) is 0 Å². The number of carbonyl (C=O) groups excluding carboxylic acids is 1. The van der Waals surface area contributed by atoms with Crippen LogP contribution in [0.2, 0.25) is 0 Å². The number of Topliss-reactive ketones (excluding diaryl/α,β-unsaturated/α-hetero) is 1. The summed E-state index contributed by atoms with van der Waals surface area (Å²) in [5.41, 5.74) is 1.73. The number of carbonyl (C=O) groups is 1. The molecule has 0 N–H and O–H groups in total. The zero-order valence-electron chi connectivity index (χ0n) is 18.5. The highest BCUT2D eigenvalue weighted by Crippen LogP contribution is 2.69. The second kappa shape index (κ2) is 5.94. The third kappa shape index (κ3) is 2.32. The molecule has 0 aromatic rings. The Morgan fingerprint density at radius 2 is 1.64 bits per heavy atom. The van der Waals surface area contributed by atoms with Crippen LogP contribution in [0, 0.1) is 39.9 Å². The van der Waals surface area contributed by atoms with E-state index in [2.05, 4.69) is 40.7 Å². The highest BCUT2D eigenvalue weighted by atomic mass is 16.7. The summed E-state index contributed by atoms with van der Waals surface area (Å²) in [6.45, 7) is 13.1. The zero-order valence-corrected chi connectivity index (χ0v) is 18.5. The van der Waals surface area contributed by atoms with Crippen molar-refractivity contribution < 1.29 is 14.3 Å². The molecule has 4 fully saturated rings. The Balaban J connectivity index is 1.49. The second-order valence-corrected chi connectivity index (χ2v) is 11.6. The van der Waals surface area contributed by atoms with Crippen LogP contribution >= 0.6 is 0 Å². The third-order valence-corrected chi connectivity index (χ3v) is 10.2. The van der Waals surface area contributed by atoms with E-state index in [1.54, 1.807) is 0 Å². The predicted molar refractivity (Wildman–Crippen MR) is 110 cm³/mol.